The summed E-state index contributed by atoms with van der Waals surface area (Å²) in [4.78, 5) is 25.9. The highest BCUT2D eigenvalue weighted by Crippen LogP contribution is 2.70. The van der Waals surface area contributed by atoms with Gasteiger partial charge in [0.05, 0.1) is 11.7 Å². The van der Waals surface area contributed by atoms with Gasteiger partial charge in [-0.3, -0.25) is 0 Å². The zero-order chi connectivity index (χ0) is 25.2. The summed E-state index contributed by atoms with van der Waals surface area (Å²) in [5.74, 6) is 0.449. The minimum absolute atomic E-state index is 0.0171. The molecule has 5 rings (SSSR count). The molecule has 0 saturated heterocycles. The zero-order valence-corrected chi connectivity index (χ0v) is 21.4. The third-order valence-electron chi connectivity index (χ3n) is 11.2. The van der Waals surface area contributed by atoms with Crippen molar-refractivity contribution in [1.29, 1.82) is 0 Å². The fraction of sp³-hybridized carbons (Fsp3) is 0.852. The highest BCUT2D eigenvalue weighted by atomic mass is 16.6. The molecule has 8 nitrogen and oxygen atoms in total. The van der Waals surface area contributed by atoms with Crippen LogP contribution in [-0.4, -0.2) is 71.7 Å². The average molecular weight is 491 g/mol. The Bertz CT molecular complexity index is 908. The number of aliphatic hydroxyl groups excluding tert-OH is 1. The van der Waals surface area contributed by atoms with E-state index < -0.39 is 17.1 Å². The first-order valence-electron chi connectivity index (χ1n) is 13.4. The zero-order valence-electron chi connectivity index (χ0n) is 21.4. The van der Waals surface area contributed by atoms with Gasteiger partial charge in [-0.1, -0.05) is 13.8 Å². The van der Waals surface area contributed by atoms with Gasteiger partial charge in [-0.2, -0.15) is 0 Å². The predicted octanol–water partition coefficient (Wildman–Crippen LogP) is 2.61. The van der Waals surface area contributed by atoms with Crippen molar-refractivity contribution in [2.45, 2.75) is 83.0 Å². The van der Waals surface area contributed by atoms with Gasteiger partial charge in [-0.15, -0.1) is 0 Å². The Morgan fingerprint density at radius 2 is 1.97 bits per heavy atom. The van der Waals surface area contributed by atoms with Crippen molar-refractivity contribution in [3.8, 4) is 0 Å². The Morgan fingerprint density at radius 3 is 2.66 bits per heavy atom. The predicted molar refractivity (Wildman–Crippen MR) is 129 cm³/mol. The van der Waals surface area contributed by atoms with Crippen LogP contribution in [0.15, 0.2) is 11.6 Å². The molecule has 0 bridgehead atoms. The lowest BCUT2D eigenvalue weighted by Crippen LogP contribution is -2.67. The quantitative estimate of drug-likeness (QED) is 0.518. The Kier molecular flexibility index (Phi) is 6.25. The number of aliphatic hydroxyl groups is 2. The first kappa shape index (κ1) is 25.0. The van der Waals surface area contributed by atoms with Crippen LogP contribution in [0.3, 0.4) is 0 Å². The van der Waals surface area contributed by atoms with Gasteiger partial charge in [0.15, 0.2) is 0 Å². The first-order valence-corrected chi connectivity index (χ1v) is 13.4. The van der Waals surface area contributed by atoms with Crippen LogP contribution in [0.4, 0.5) is 4.79 Å². The van der Waals surface area contributed by atoms with E-state index in [2.05, 4.69) is 6.92 Å². The van der Waals surface area contributed by atoms with Gasteiger partial charge in [0, 0.05) is 31.1 Å². The molecule has 0 unspecified atom stereocenters. The monoisotopic (exact) mass is 490 g/mol. The molecule has 196 valence electrons. The van der Waals surface area contributed by atoms with E-state index in [0.717, 1.165) is 44.1 Å². The molecule has 0 radical (unpaired) electrons. The second kappa shape index (κ2) is 8.73. The number of esters is 1. The molecule has 1 aliphatic heterocycles. The molecule has 0 aromatic rings. The molecule has 4 fully saturated rings. The maximum Gasteiger partial charge on any atom is 0.409 e. The lowest BCUT2D eigenvalue weighted by molar-refractivity contribution is -0.243. The maximum atomic E-state index is 12.4. The minimum atomic E-state index is -0.958. The molecule has 1 amide bonds. The van der Waals surface area contributed by atoms with Gasteiger partial charge in [-0.25, -0.2) is 9.59 Å². The number of nitrogens with two attached hydrogens (primary N) is 1. The first-order chi connectivity index (χ1) is 16.6. The molecule has 4 N–H and O–H groups in total. The van der Waals surface area contributed by atoms with Crippen LogP contribution in [0.5, 0.6) is 0 Å². The van der Waals surface area contributed by atoms with Gasteiger partial charge < -0.3 is 30.3 Å². The smallest absolute Gasteiger partial charge is 0.409 e. The van der Waals surface area contributed by atoms with E-state index in [4.69, 9.17) is 15.2 Å². The number of fused-ring (bicyclic) bond motifs is 5. The molecule has 4 saturated carbocycles. The van der Waals surface area contributed by atoms with Crippen LogP contribution in [0.1, 0.15) is 65.2 Å². The van der Waals surface area contributed by atoms with Gasteiger partial charge in [0.25, 0.3) is 0 Å². The van der Waals surface area contributed by atoms with Crippen LogP contribution < -0.4 is 5.73 Å². The second-order valence-corrected chi connectivity index (χ2v) is 12.3. The van der Waals surface area contributed by atoms with E-state index in [1.54, 1.807) is 11.0 Å². The molecule has 0 aromatic heterocycles. The second-order valence-electron chi connectivity index (χ2n) is 12.3. The lowest BCUT2D eigenvalue weighted by Gasteiger charge is -2.65. The fourth-order valence-electron chi connectivity index (χ4n) is 9.12. The summed E-state index contributed by atoms with van der Waals surface area (Å²) in [7, 11) is 1.82. The molecular weight excluding hydrogens is 448 g/mol. The third kappa shape index (κ3) is 3.57. The van der Waals surface area contributed by atoms with E-state index in [1.165, 1.54) is 0 Å². The molecule has 8 heteroatoms. The number of hydrogen-bond donors (Lipinski definition) is 3. The topological polar surface area (TPSA) is 122 Å². The van der Waals surface area contributed by atoms with E-state index in [-0.39, 0.29) is 54.5 Å². The van der Waals surface area contributed by atoms with Gasteiger partial charge in [0.1, 0.15) is 13.2 Å². The normalized spacial score (nSPS) is 46.7. The van der Waals surface area contributed by atoms with E-state index in [9.17, 15) is 19.8 Å². The van der Waals surface area contributed by atoms with Crippen LogP contribution in [0.2, 0.25) is 0 Å². The number of amides is 1. The number of hydrogen-bond acceptors (Lipinski definition) is 7. The Labute approximate surface area is 208 Å². The van der Waals surface area contributed by atoms with Gasteiger partial charge in [0.2, 0.25) is 0 Å². The van der Waals surface area contributed by atoms with Crippen molar-refractivity contribution >= 4 is 12.1 Å². The van der Waals surface area contributed by atoms with Crippen LogP contribution in [-0.2, 0) is 14.3 Å². The largest absolute Gasteiger partial charge is 0.458 e. The number of cyclic esters (lactones) is 1. The fourth-order valence-corrected chi connectivity index (χ4v) is 9.12. The molecule has 35 heavy (non-hydrogen) atoms. The number of rotatable bonds is 4. The summed E-state index contributed by atoms with van der Waals surface area (Å²) in [6.45, 7) is 5.23. The number of carbonyl (C=O) groups excluding carboxylic acids is 2. The lowest BCUT2D eigenvalue weighted by atomic mass is 9.42. The van der Waals surface area contributed by atoms with Crippen molar-refractivity contribution in [1.82, 2.24) is 4.90 Å². The van der Waals surface area contributed by atoms with Gasteiger partial charge in [-0.05, 0) is 86.0 Å². The van der Waals surface area contributed by atoms with E-state index in [0.29, 0.717) is 25.3 Å². The van der Waals surface area contributed by atoms with E-state index >= 15 is 0 Å². The third-order valence-corrected chi connectivity index (χ3v) is 11.2. The maximum absolute atomic E-state index is 12.4. The van der Waals surface area contributed by atoms with Crippen molar-refractivity contribution in [3.05, 3.63) is 11.6 Å². The van der Waals surface area contributed by atoms with Crippen LogP contribution in [0, 0.1) is 34.5 Å². The molecule has 4 aliphatic carbocycles. The van der Waals surface area contributed by atoms with Crippen LogP contribution in [0.25, 0.3) is 0 Å². The summed E-state index contributed by atoms with van der Waals surface area (Å²) in [5.41, 5.74) is 4.79. The molecule has 0 spiro atoms. The number of nitrogens with zero attached hydrogens (tertiary/aromatic N) is 1. The SMILES string of the molecule is CN(C(=O)OCCN)[C@H]1CC[C@@]2(C)[C@H](CC[C@@H]3[C@@H]2C[C@@H](O)[C@]2(C)[C@@H](C4=CC(=O)OC4)CC[C@]32O)C1. The van der Waals surface area contributed by atoms with Crippen LogP contribution >= 0.6 is 0 Å². The summed E-state index contributed by atoms with van der Waals surface area (Å²) < 4.78 is 10.5. The molecular formula is C27H42N2O6. The number of ether oxygens (including phenoxy) is 2. The molecule has 0 aromatic carbocycles. The highest BCUT2D eigenvalue weighted by Gasteiger charge is 2.70. The standard InChI is InChI=1S/C27H42N2O6/c1-25-8-6-18(29(3)24(32)34-11-10-28)13-17(25)4-5-20-21(25)14-22(30)26(2)19(7-9-27(20,26)33)16-12-23(31)35-15-16/h12,17-22,30,33H,4-11,13-15,28H2,1-3H3/t17-,18+,19-,20-,21+,22-,25+,26+,27+/m1/s1. The van der Waals surface area contributed by atoms with Crippen molar-refractivity contribution < 1.29 is 29.3 Å². The molecule has 1 heterocycles. The minimum Gasteiger partial charge on any atom is -0.458 e. The Morgan fingerprint density at radius 1 is 1.20 bits per heavy atom. The van der Waals surface area contributed by atoms with Crippen molar-refractivity contribution in [2.24, 2.45) is 40.2 Å². The Balaban J connectivity index is 1.36. The van der Waals surface area contributed by atoms with Crippen molar-refractivity contribution in [3.63, 3.8) is 0 Å². The summed E-state index contributed by atoms with van der Waals surface area (Å²) in [6.07, 6.45) is 7.46. The van der Waals surface area contributed by atoms with E-state index in [1.807, 2.05) is 14.0 Å². The summed E-state index contributed by atoms with van der Waals surface area (Å²) in [5, 5.41) is 24.0. The summed E-state index contributed by atoms with van der Waals surface area (Å²) >= 11 is 0. The molecule has 9 atom stereocenters. The molecule has 5 aliphatic rings. The number of carbonyl (C=O) groups is 2. The van der Waals surface area contributed by atoms with Gasteiger partial charge >= 0.3 is 12.1 Å². The Hall–Kier alpha value is -1.64. The summed E-state index contributed by atoms with van der Waals surface area (Å²) in [6, 6.07) is 0.138. The average Bonchev–Trinajstić information content (AvgIpc) is 3.38. The van der Waals surface area contributed by atoms with Crippen molar-refractivity contribution in [2.75, 3.05) is 26.8 Å². The highest BCUT2D eigenvalue weighted by molar-refractivity contribution is 5.85.